The first-order valence-electron chi connectivity index (χ1n) is 9.41. The maximum Gasteiger partial charge on any atom is 0.315 e. The van der Waals surface area contributed by atoms with Gasteiger partial charge in [-0.3, -0.25) is 4.90 Å². The Balaban J connectivity index is 1.73. The Kier molecular flexibility index (Phi) is 7.72. The number of likely N-dealkylation sites (tertiary alicyclic amines) is 1. The summed E-state index contributed by atoms with van der Waals surface area (Å²) in [6.45, 7) is 9.07. The molecule has 1 aliphatic rings. The van der Waals surface area contributed by atoms with Crippen LogP contribution in [-0.2, 0) is 6.54 Å². The molecule has 2 rings (SSSR count). The molecule has 0 aliphatic carbocycles. The van der Waals surface area contributed by atoms with Gasteiger partial charge in [-0.1, -0.05) is 44.2 Å². The lowest BCUT2D eigenvalue weighted by Gasteiger charge is -2.21. The predicted octanol–water partition coefficient (Wildman–Crippen LogP) is 2.60. The van der Waals surface area contributed by atoms with Crippen molar-refractivity contribution in [2.24, 2.45) is 11.8 Å². The van der Waals surface area contributed by atoms with Crippen LogP contribution in [0.2, 0.25) is 0 Å². The van der Waals surface area contributed by atoms with Gasteiger partial charge < -0.3 is 15.7 Å². The van der Waals surface area contributed by atoms with Gasteiger partial charge in [0.15, 0.2) is 0 Å². The van der Waals surface area contributed by atoms with Crippen molar-refractivity contribution in [1.29, 1.82) is 0 Å². The number of urea groups is 1. The summed E-state index contributed by atoms with van der Waals surface area (Å²) in [5, 5.41) is 15.2. The number of hydrogen-bond donors (Lipinski definition) is 3. The first-order valence-corrected chi connectivity index (χ1v) is 9.41. The van der Waals surface area contributed by atoms with Crippen LogP contribution in [0, 0.1) is 11.8 Å². The highest BCUT2D eigenvalue weighted by Gasteiger charge is 2.29. The van der Waals surface area contributed by atoms with E-state index in [4.69, 9.17) is 0 Å². The third-order valence-electron chi connectivity index (χ3n) is 4.88. The fourth-order valence-corrected chi connectivity index (χ4v) is 3.63. The minimum Gasteiger partial charge on any atom is -0.394 e. The van der Waals surface area contributed by atoms with Crippen molar-refractivity contribution in [3.8, 4) is 0 Å². The van der Waals surface area contributed by atoms with Crippen molar-refractivity contribution in [2.45, 2.75) is 52.2 Å². The standard InChI is InChI=1S/C20H33N3O2/c1-15(2)9-19(14-24)22-20(25)21-11-18-10-16(3)23(13-18)12-17-7-5-4-6-8-17/h4-8,15-16,18-19,24H,9-14H2,1-3H3,(H2,21,22,25). The summed E-state index contributed by atoms with van der Waals surface area (Å²) in [5.74, 6) is 0.918. The highest BCUT2D eigenvalue weighted by molar-refractivity contribution is 5.74. The van der Waals surface area contributed by atoms with Crippen LogP contribution < -0.4 is 10.6 Å². The molecule has 1 saturated heterocycles. The zero-order chi connectivity index (χ0) is 18.2. The molecule has 3 N–H and O–H groups in total. The van der Waals surface area contributed by atoms with Crippen molar-refractivity contribution in [3.05, 3.63) is 35.9 Å². The minimum absolute atomic E-state index is 0.0169. The number of carbonyl (C=O) groups is 1. The van der Waals surface area contributed by atoms with E-state index in [0.29, 0.717) is 24.4 Å². The van der Waals surface area contributed by atoms with E-state index >= 15 is 0 Å². The van der Waals surface area contributed by atoms with Gasteiger partial charge in [-0.2, -0.15) is 0 Å². The molecule has 0 aromatic heterocycles. The summed E-state index contributed by atoms with van der Waals surface area (Å²) in [5.41, 5.74) is 1.33. The molecular formula is C20H33N3O2. The van der Waals surface area contributed by atoms with Crippen molar-refractivity contribution in [1.82, 2.24) is 15.5 Å². The summed E-state index contributed by atoms with van der Waals surface area (Å²) < 4.78 is 0. The lowest BCUT2D eigenvalue weighted by Crippen LogP contribution is -2.45. The molecule has 1 fully saturated rings. The molecule has 1 heterocycles. The van der Waals surface area contributed by atoms with Gasteiger partial charge in [0.05, 0.1) is 12.6 Å². The normalized spacial score (nSPS) is 22.1. The highest BCUT2D eigenvalue weighted by atomic mass is 16.3. The van der Waals surface area contributed by atoms with Crippen molar-refractivity contribution in [3.63, 3.8) is 0 Å². The van der Waals surface area contributed by atoms with Crippen LogP contribution in [-0.4, -0.2) is 47.8 Å². The number of benzene rings is 1. The molecule has 5 heteroatoms. The van der Waals surface area contributed by atoms with E-state index in [1.807, 2.05) is 6.07 Å². The predicted molar refractivity (Wildman–Crippen MR) is 101 cm³/mol. The second-order valence-corrected chi connectivity index (χ2v) is 7.73. The molecule has 2 amide bonds. The Morgan fingerprint density at radius 3 is 2.68 bits per heavy atom. The highest BCUT2D eigenvalue weighted by Crippen LogP contribution is 2.24. The first-order chi connectivity index (χ1) is 12.0. The van der Waals surface area contributed by atoms with Gasteiger partial charge in [-0.05, 0) is 37.2 Å². The van der Waals surface area contributed by atoms with Crippen LogP contribution in [0.5, 0.6) is 0 Å². The van der Waals surface area contributed by atoms with Crippen LogP contribution in [0.3, 0.4) is 0 Å². The molecule has 0 spiro atoms. The second-order valence-electron chi connectivity index (χ2n) is 7.73. The monoisotopic (exact) mass is 347 g/mol. The fraction of sp³-hybridized carbons (Fsp3) is 0.650. The van der Waals surface area contributed by atoms with E-state index in [1.54, 1.807) is 0 Å². The fourth-order valence-electron chi connectivity index (χ4n) is 3.63. The van der Waals surface area contributed by atoms with Gasteiger partial charge in [-0.15, -0.1) is 0 Å². The SMILES string of the molecule is CC(C)CC(CO)NC(=O)NCC1CC(C)N(Cc2ccccc2)C1. The van der Waals surface area contributed by atoms with Gasteiger partial charge in [-0.25, -0.2) is 4.79 Å². The van der Waals surface area contributed by atoms with Gasteiger partial charge in [0, 0.05) is 25.7 Å². The van der Waals surface area contributed by atoms with E-state index in [2.05, 4.69) is 60.6 Å². The topological polar surface area (TPSA) is 64.6 Å². The zero-order valence-corrected chi connectivity index (χ0v) is 15.7. The largest absolute Gasteiger partial charge is 0.394 e. The van der Waals surface area contributed by atoms with E-state index in [0.717, 1.165) is 25.9 Å². The summed E-state index contributed by atoms with van der Waals surface area (Å²) in [6, 6.07) is 10.7. The molecular weight excluding hydrogens is 314 g/mol. The van der Waals surface area contributed by atoms with E-state index < -0.39 is 0 Å². The average molecular weight is 348 g/mol. The molecule has 5 nitrogen and oxygen atoms in total. The van der Waals surface area contributed by atoms with Gasteiger partial charge >= 0.3 is 6.03 Å². The zero-order valence-electron chi connectivity index (χ0n) is 15.7. The first kappa shape index (κ1) is 19.7. The lowest BCUT2D eigenvalue weighted by atomic mass is 10.0. The maximum atomic E-state index is 12.1. The smallest absolute Gasteiger partial charge is 0.315 e. The van der Waals surface area contributed by atoms with Crippen LogP contribution in [0.25, 0.3) is 0 Å². The minimum atomic E-state index is -0.172. The number of rotatable bonds is 8. The molecule has 1 aromatic rings. The molecule has 140 valence electrons. The Bertz CT molecular complexity index is 521. The van der Waals surface area contributed by atoms with Gasteiger partial charge in [0.25, 0.3) is 0 Å². The Labute approximate surface area is 151 Å². The number of hydrogen-bond acceptors (Lipinski definition) is 3. The number of carbonyl (C=O) groups excluding carboxylic acids is 1. The molecule has 3 atom stereocenters. The summed E-state index contributed by atoms with van der Waals surface area (Å²) in [7, 11) is 0. The summed E-state index contributed by atoms with van der Waals surface area (Å²) in [6.07, 6.45) is 1.89. The van der Waals surface area contributed by atoms with Crippen molar-refractivity contribution >= 4 is 6.03 Å². The molecule has 1 aromatic carbocycles. The molecule has 0 radical (unpaired) electrons. The molecule has 0 saturated carbocycles. The van der Waals surface area contributed by atoms with Crippen molar-refractivity contribution < 1.29 is 9.90 Å². The number of aliphatic hydroxyl groups excluding tert-OH is 1. The van der Waals surface area contributed by atoms with Crippen LogP contribution in [0.1, 0.15) is 39.2 Å². The van der Waals surface area contributed by atoms with Gasteiger partial charge in [0.2, 0.25) is 0 Å². The van der Waals surface area contributed by atoms with E-state index in [9.17, 15) is 9.90 Å². The maximum absolute atomic E-state index is 12.1. The van der Waals surface area contributed by atoms with Crippen LogP contribution in [0.4, 0.5) is 4.79 Å². The average Bonchev–Trinajstić information content (AvgIpc) is 2.92. The summed E-state index contributed by atoms with van der Waals surface area (Å²) in [4.78, 5) is 14.5. The molecule has 3 unspecified atom stereocenters. The van der Waals surface area contributed by atoms with E-state index in [1.165, 1.54) is 5.56 Å². The van der Waals surface area contributed by atoms with Crippen LogP contribution in [0.15, 0.2) is 30.3 Å². The number of nitrogens with zero attached hydrogens (tertiary/aromatic N) is 1. The Morgan fingerprint density at radius 1 is 1.32 bits per heavy atom. The quantitative estimate of drug-likeness (QED) is 0.677. The Morgan fingerprint density at radius 2 is 2.04 bits per heavy atom. The molecule has 25 heavy (non-hydrogen) atoms. The molecule has 0 bridgehead atoms. The van der Waals surface area contributed by atoms with Crippen LogP contribution >= 0.6 is 0 Å². The third-order valence-corrected chi connectivity index (χ3v) is 4.88. The van der Waals surface area contributed by atoms with E-state index in [-0.39, 0.29) is 18.7 Å². The number of amides is 2. The second kappa shape index (κ2) is 9.78. The van der Waals surface area contributed by atoms with Gasteiger partial charge in [0.1, 0.15) is 0 Å². The summed E-state index contributed by atoms with van der Waals surface area (Å²) >= 11 is 0. The molecule has 1 aliphatic heterocycles. The lowest BCUT2D eigenvalue weighted by molar-refractivity contribution is 0.205. The Hall–Kier alpha value is -1.59. The number of nitrogens with one attached hydrogen (secondary N) is 2. The third kappa shape index (κ3) is 6.67. The number of aliphatic hydroxyl groups is 1. The van der Waals surface area contributed by atoms with Crippen molar-refractivity contribution in [2.75, 3.05) is 19.7 Å².